The normalized spacial score (nSPS) is 22.0. The van der Waals surface area contributed by atoms with E-state index in [2.05, 4.69) is 55.8 Å². The van der Waals surface area contributed by atoms with Gasteiger partial charge in [-0.2, -0.15) is 0 Å². The second kappa shape index (κ2) is 9.01. The molecule has 1 aromatic carbocycles. The highest BCUT2D eigenvalue weighted by Gasteiger charge is 2.44. The average Bonchev–Trinajstić information content (AvgIpc) is 3.24. The van der Waals surface area contributed by atoms with Crippen LogP contribution in [0.1, 0.15) is 31.2 Å². The molecular formula is C19H28BrN3O2. The molecule has 0 amide bonds. The van der Waals surface area contributed by atoms with E-state index in [1.165, 1.54) is 18.4 Å². The third-order valence-corrected chi connectivity index (χ3v) is 5.46. The third-order valence-electron chi connectivity index (χ3n) is 4.96. The first-order valence-electron chi connectivity index (χ1n) is 9.12. The Morgan fingerprint density at radius 3 is 2.96 bits per heavy atom. The van der Waals surface area contributed by atoms with Gasteiger partial charge in [0.1, 0.15) is 0 Å². The Balaban J connectivity index is 1.36. The lowest BCUT2D eigenvalue weighted by molar-refractivity contribution is 0.0420. The van der Waals surface area contributed by atoms with Crippen molar-refractivity contribution < 1.29 is 9.47 Å². The number of hydrogen-bond donors (Lipinski definition) is 2. The maximum atomic E-state index is 5.78. The van der Waals surface area contributed by atoms with Gasteiger partial charge in [0.25, 0.3) is 0 Å². The number of benzene rings is 1. The second-order valence-corrected chi connectivity index (χ2v) is 7.77. The quantitative estimate of drug-likeness (QED) is 0.393. The largest absolute Gasteiger partial charge is 0.379 e. The van der Waals surface area contributed by atoms with Crippen molar-refractivity contribution in [1.82, 2.24) is 10.6 Å². The second-order valence-electron chi connectivity index (χ2n) is 6.85. The van der Waals surface area contributed by atoms with Crippen molar-refractivity contribution in [3.8, 4) is 0 Å². The molecule has 2 aliphatic rings. The molecule has 0 spiro atoms. The van der Waals surface area contributed by atoms with Crippen LogP contribution in [0, 0.1) is 0 Å². The number of rotatable bonds is 8. The van der Waals surface area contributed by atoms with Gasteiger partial charge in [0, 0.05) is 43.2 Å². The zero-order chi connectivity index (χ0) is 17.5. The van der Waals surface area contributed by atoms with Crippen LogP contribution in [0.4, 0.5) is 0 Å². The molecule has 1 atom stereocenters. The molecule has 138 valence electrons. The van der Waals surface area contributed by atoms with E-state index in [9.17, 15) is 0 Å². The molecule has 5 nitrogen and oxygen atoms in total. The fourth-order valence-corrected chi connectivity index (χ4v) is 3.58. The number of hydrogen-bond acceptors (Lipinski definition) is 3. The monoisotopic (exact) mass is 409 g/mol. The molecule has 0 bridgehead atoms. The Labute approximate surface area is 158 Å². The summed E-state index contributed by atoms with van der Waals surface area (Å²) in [5, 5.41) is 6.86. The van der Waals surface area contributed by atoms with Crippen LogP contribution in [0.15, 0.2) is 33.7 Å². The van der Waals surface area contributed by atoms with E-state index in [4.69, 9.17) is 9.47 Å². The van der Waals surface area contributed by atoms with Crippen molar-refractivity contribution in [1.29, 1.82) is 0 Å². The predicted octanol–water partition coefficient (Wildman–Crippen LogP) is 2.84. The molecule has 1 saturated heterocycles. The molecule has 6 heteroatoms. The van der Waals surface area contributed by atoms with Crippen molar-refractivity contribution in [3.63, 3.8) is 0 Å². The van der Waals surface area contributed by atoms with Gasteiger partial charge in [-0.05, 0) is 43.4 Å². The Hall–Kier alpha value is -1.11. The van der Waals surface area contributed by atoms with Crippen LogP contribution in [-0.2, 0) is 14.9 Å². The zero-order valence-electron chi connectivity index (χ0n) is 14.9. The minimum absolute atomic E-state index is 0.257. The van der Waals surface area contributed by atoms with Crippen LogP contribution in [-0.4, -0.2) is 52.0 Å². The Bertz CT molecular complexity index is 584. The van der Waals surface area contributed by atoms with Crippen molar-refractivity contribution in [3.05, 3.63) is 34.3 Å². The molecule has 1 saturated carbocycles. The van der Waals surface area contributed by atoms with E-state index in [-0.39, 0.29) is 11.5 Å². The van der Waals surface area contributed by atoms with E-state index in [1.54, 1.807) is 0 Å². The van der Waals surface area contributed by atoms with E-state index < -0.39 is 0 Å². The number of guanidine groups is 1. The highest BCUT2D eigenvalue weighted by molar-refractivity contribution is 9.10. The van der Waals surface area contributed by atoms with Gasteiger partial charge >= 0.3 is 0 Å². The highest BCUT2D eigenvalue weighted by atomic mass is 79.9. The maximum absolute atomic E-state index is 5.78. The topological polar surface area (TPSA) is 54.9 Å². The number of aliphatic imine (C=N–C) groups is 1. The first-order chi connectivity index (χ1) is 12.2. The van der Waals surface area contributed by atoms with Crippen LogP contribution >= 0.6 is 15.9 Å². The van der Waals surface area contributed by atoms with Gasteiger partial charge in [0.05, 0.1) is 12.7 Å². The molecule has 1 aliphatic carbocycles. The van der Waals surface area contributed by atoms with E-state index >= 15 is 0 Å². The highest BCUT2D eigenvalue weighted by Crippen LogP contribution is 2.48. The molecule has 0 radical (unpaired) electrons. The summed E-state index contributed by atoms with van der Waals surface area (Å²) < 4.78 is 12.2. The summed E-state index contributed by atoms with van der Waals surface area (Å²) in [6, 6.07) is 8.64. The van der Waals surface area contributed by atoms with Crippen LogP contribution in [0.3, 0.4) is 0 Å². The molecule has 1 aromatic rings. The Kier molecular flexibility index (Phi) is 6.73. The van der Waals surface area contributed by atoms with Crippen molar-refractivity contribution >= 4 is 21.9 Å². The SMILES string of the molecule is CN=C(NCCCOC1CCOC1)NCC1(c2cccc(Br)c2)CC1. The maximum Gasteiger partial charge on any atom is 0.191 e. The van der Waals surface area contributed by atoms with Crippen LogP contribution in [0.5, 0.6) is 0 Å². The van der Waals surface area contributed by atoms with Crippen molar-refractivity contribution in [2.24, 2.45) is 4.99 Å². The Morgan fingerprint density at radius 2 is 2.28 bits per heavy atom. The lowest BCUT2D eigenvalue weighted by Gasteiger charge is -2.19. The van der Waals surface area contributed by atoms with Gasteiger partial charge in [0.2, 0.25) is 0 Å². The lowest BCUT2D eigenvalue weighted by atomic mass is 9.96. The van der Waals surface area contributed by atoms with Gasteiger partial charge in [-0.3, -0.25) is 4.99 Å². The fraction of sp³-hybridized carbons (Fsp3) is 0.632. The average molecular weight is 410 g/mol. The molecular weight excluding hydrogens is 382 g/mol. The molecule has 1 aliphatic heterocycles. The summed E-state index contributed by atoms with van der Waals surface area (Å²) in [5.41, 5.74) is 1.66. The van der Waals surface area contributed by atoms with Crippen LogP contribution < -0.4 is 10.6 Å². The summed E-state index contributed by atoms with van der Waals surface area (Å²) in [6.07, 6.45) is 4.73. The number of nitrogens with zero attached hydrogens (tertiary/aromatic N) is 1. The molecule has 2 N–H and O–H groups in total. The van der Waals surface area contributed by atoms with E-state index in [0.29, 0.717) is 0 Å². The molecule has 3 rings (SSSR count). The van der Waals surface area contributed by atoms with Crippen LogP contribution in [0.25, 0.3) is 0 Å². The summed E-state index contributed by atoms with van der Waals surface area (Å²) >= 11 is 3.57. The fourth-order valence-electron chi connectivity index (χ4n) is 3.18. The number of halogens is 1. The van der Waals surface area contributed by atoms with Crippen LogP contribution in [0.2, 0.25) is 0 Å². The van der Waals surface area contributed by atoms with E-state index in [1.807, 2.05) is 7.05 Å². The van der Waals surface area contributed by atoms with Gasteiger partial charge in [-0.25, -0.2) is 0 Å². The first-order valence-corrected chi connectivity index (χ1v) is 9.91. The van der Waals surface area contributed by atoms with E-state index in [0.717, 1.165) is 56.2 Å². The molecule has 1 heterocycles. The summed E-state index contributed by atoms with van der Waals surface area (Å²) in [5.74, 6) is 0.866. The third kappa shape index (κ3) is 5.43. The lowest BCUT2D eigenvalue weighted by Crippen LogP contribution is -2.41. The Morgan fingerprint density at radius 1 is 1.40 bits per heavy atom. The predicted molar refractivity (Wildman–Crippen MR) is 104 cm³/mol. The van der Waals surface area contributed by atoms with Gasteiger partial charge in [0.15, 0.2) is 5.96 Å². The van der Waals surface area contributed by atoms with Gasteiger partial charge in [-0.15, -0.1) is 0 Å². The summed E-state index contributed by atoms with van der Waals surface area (Å²) in [6.45, 7) is 4.11. The number of ether oxygens (including phenoxy) is 2. The van der Waals surface area contributed by atoms with Crippen molar-refractivity contribution in [2.75, 3.05) is 40.0 Å². The molecule has 0 aromatic heterocycles. The van der Waals surface area contributed by atoms with Gasteiger partial charge < -0.3 is 20.1 Å². The number of nitrogens with one attached hydrogen (secondary N) is 2. The smallest absolute Gasteiger partial charge is 0.191 e. The zero-order valence-corrected chi connectivity index (χ0v) is 16.5. The molecule has 1 unspecified atom stereocenters. The minimum atomic E-state index is 0.257. The molecule has 25 heavy (non-hydrogen) atoms. The summed E-state index contributed by atoms with van der Waals surface area (Å²) in [4.78, 5) is 4.33. The molecule has 2 fully saturated rings. The summed E-state index contributed by atoms with van der Waals surface area (Å²) in [7, 11) is 1.82. The minimum Gasteiger partial charge on any atom is -0.379 e. The first kappa shape index (κ1) is 18.7. The van der Waals surface area contributed by atoms with Crippen molar-refractivity contribution in [2.45, 2.75) is 37.2 Å². The standard InChI is InChI=1S/C19H28BrN3O2/c1-21-18(22-9-3-10-25-17-6-11-24-13-17)23-14-19(7-8-19)15-4-2-5-16(20)12-15/h2,4-5,12,17H,3,6-11,13-14H2,1H3,(H2,21,22,23). The van der Waals surface area contributed by atoms with Gasteiger partial charge in [-0.1, -0.05) is 28.1 Å².